The average molecular weight is 221 g/mol. The normalized spacial score (nSPS) is 23.7. The van der Waals surface area contributed by atoms with Crippen LogP contribution in [-0.4, -0.2) is 23.2 Å². The standard InChI is InChI=1S/C12H15NO3/c1-3-8-12(15)10-7-5-4-6-9(10)11(14)13(12)16-2/h4-7,15H,3,8H2,1-2H3. The summed E-state index contributed by atoms with van der Waals surface area (Å²) in [5.74, 6) is -0.283. The molecule has 1 aromatic carbocycles. The number of benzene rings is 1. The maximum atomic E-state index is 12.0. The van der Waals surface area contributed by atoms with Crippen LogP contribution in [0.25, 0.3) is 0 Å². The molecule has 0 spiro atoms. The van der Waals surface area contributed by atoms with Gasteiger partial charge in [-0.1, -0.05) is 31.5 Å². The fraction of sp³-hybridized carbons (Fsp3) is 0.417. The maximum Gasteiger partial charge on any atom is 0.280 e. The number of aliphatic hydroxyl groups is 1. The number of hydroxylamine groups is 2. The van der Waals surface area contributed by atoms with E-state index in [0.717, 1.165) is 11.5 Å². The third-order valence-corrected chi connectivity index (χ3v) is 2.89. The van der Waals surface area contributed by atoms with Gasteiger partial charge in [0.25, 0.3) is 5.91 Å². The van der Waals surface area contributed by atoms with Gasteiger partial charge in [0.15, 0.2) is 5.72 Å². The Balaban J connectivity index is 2.55. The molecule has 0 aliphatic carbocycles. The summed E-state index contributed by atoms with van der Waals surface area (Å²) in [6.07, 6.45) is 1.22. The predicted octanol–water partition coefficient (Wildman–Crippen LogP) is 1.65. The first kappa shape index (κ1) is 11.1. The van der Waals surface area contributed by atoms with Gasteiger partial charge in [-0.3, -0.25) is 9.63 Å². The van der Waals surface area contributed by atoms with E-state index in [0.29, 0.717) is 17.5 Å². The first-order valence-electron chi connectivity index (χ1n) is 5.35. The van der Waals surface area contributed by atoms with Crippen molar-refractivity contribution in [1.82, 2.24) is 5.06 Å². The lowest BCUT2D eigenvalue weighted by Crippen LogP contribution is -2.42. The number of hydrogen-bond donors (Lipinski definition) is 1. The summed E-state index contributed by atoms with van der Waals surface area (Å²) in [5.41, 5.74) is -0.180. The molecule has 1 aromatic rings. The number of nitrogens with zero attached hydrogens (tertiary/aromatic N) is 1. The fourth-order valence-electron chi connectivity index (χ4n) is 2.22. The summed E-state index contributed by atoms with van der Waals surface area (Å²) in [5, 5.41) is 11.6. The first-order valence-corrected chi connectivity index (χ1v) is 5.35. The third kappa shape index (κ3) is 1.34. The molecular formula is C12H15NO3. The van der Waals surface area contributed by atoms with Crippen molar-refractivity contribution in [3.05, 3.63) is 35.4 Å². The molecule has 1 aliphatic heterocycles. The van der Waals surface area contributed by atoms with Crippen LogP contribution in [0, 0.1) is 0 Å². The lowest BCUT2D eigenvalue weighted by molar-refractivity contribution is -0.247. The highest BCUT2D eigenvalue weighted by molar-refractivity contribution is 5.98. The van der Waals surface area contributed by atoms with Crippen LogP contribution >= 0.6 is 0 Å². The van der Waals surface area contributed by atoms with Gasteiger partial charge < -0.3 is 5.11 Å². The highest BCUT2D eigenvalue weighted by Crippen LogP contribution is 2.40. The van der Waals surface area contributed by atoms with Crippen LogP contribution in [0.1, 0.15) is 35.7 Å². The van der Waals surface area contributed by atoms with Crippen molar-refractivity contribution < 1.29 is 14.7 Å². The topological polar surface area (TPSA) is 49.8 Å². The summed E-state index contributed by atoms with van der Waals surface area (Å²) < 4.78 is 0. The highest BCUT2D eigenvalue weighted by Gasteiger charge is 2.48. The van der Waals surface area contributed by atoms with Gasteiger partial charge >= 0.3 is 0 Å². The molecule has 2 rings (SSSR count). The second-order valence-electron chi connectivity index (χ2n) is 3.89. The van der Waals surface area contributed by atoms with Gasteiger partial charge in [-0.05, 0) is 6.07 Å². The molecule has 0 fully saturated rings. The molecule has 1 N–H and O–H groups in total. The molecule has 4 nitrogen and oxygen atoms in total. The van der Waals surface area contributed by atoms with Crippen LogP contribution in [0.5, 0.6) is 0 Å². The maximum absolute atomic E-state index is 12.0. The quantitative estimate of drug-likeness (QED) is 0.844. The van der Waals surface area contributed by atoms with E-state index in [1.165, 1.54) is 7.11 Å². The molecule has 0 aromatic heterocycles. The van der Waals surface area contributed by atoms with E-state index in [1.54, 1.807) is 18.2 Å². The Morgan fingerprint density at radius 2 is 2.12 bits per heavy atom. The zero-order chi connectivity index (χ0) is 11.8. The lowest BCUT2D eigenvalue weighted by Gasteiger charge is -2.31. The van der Waals surface area contributed by atoms with Crippen LogP contribution in [0.4, 0.5) is 0 Å². The number of hydrogen-bond acceptors (Lipinski definition) is 3. The van der Waals surface area contributed by atoms with Crippen LogP contribution < -0.4 is 0 Å². The van der Waals surface area contributed by atoms with Crippen LogP contribution in [0.2, 0.25) is 0 Å². The van der Waals surface area contributed by atoms with Crippen molar-refractivity contribution in [3.63, 3.8) is 0 Å². The first-order chi connectivity index (χ1) is 7.65. The smallest absolute Gasteiger partial charge is 0.280 e. The van der Waals surface area contributed by atoms with Gasteiger partial charge in [0, 0.05) is 17.5 Å². The van der Waals surface area contributed by atoms with Crippen molar-refractivity contribution >= 4 is 5.91 Å². The second kappa shape index (κ2) is 3.88. The summed E-state index contributed by atoms with van der Waals surface area (Å²) in [6.45, 7) is 1.96. The predicted molar refractivity (Wildman–Crippen MR) is 58.4 cm³/mol. The lowest BCUT2D eigenvalue weighted by atomic mass is 9.98. The van der Waals surface area contributed by atoms with Gasteiger partial charge in [0.05, 0.1) is 7.11 Å². The van der Waals surface area contributed by atoms with Crippen molar-refractivity contribution in [1.29, 1.82) is 0 Å². The van der Waals surface area contributed by atoms with Crippen LogP contribution in [-0.2, 0) is 10.6 Å². The molecule has 16 heavy (non-hydrogen) atoms. The summed E-state index contributed by atoms with van der Waals surface area (Å²) in [6, 6.07) is 7.06. The molecule has 0 bridgehead atoms. The zero-order valence-electron chi connectivity index (χ0n) is 9.43. The minimum atomic E-state index is -1.32. The molecule has 0 radical (unpaired) electrons. The number of rotatable bonds is 3. The van der Waals surface area contributed by atoms with Crippen LogP contribution in [0.3, 0.4) is 0 Å². The summed E-state index contributed by atoms with van der Waals surface area (Å²) in [4.78, 5) is 17.0. The van der Waals surface area contributed by atoms with E-state index in [2.05, 4.69) is 0 Å². The molecule has 1 unspecified atom stereocenters. The Labute approximate surface area is 94.4 Å². The molecule has 86 valence electrons. The molecule has 1 atom stereocenters. The van der Waals surface area contributed by atoms with Gasteiger partial charge in [-0.15, -0.1) is 0 Å². The van der Waals surface area contributed by atoms with E-state index >= 15 is 0 Å². The zero-order valence-corrected chi connectivity index (χ0v) is 9.43. The monoisotopic (exact) mass is 221 g/mol. The van der Waals surface area contributed by atoms with Gasteiger partial charge in [0.2, 0.25) is 0 Å². The number of fused-ring (bicyclic) bond motifs is 1. The molecule has 0 saturated heterocycles. The van der Waals surface area contributed by atoms with E-state index in [4.69, 9.17) is 4.84 Å². The Bertz CT molecular complexity index is 418. The average Bonchev–Trinajstić information content (AvgIpc) is 2.50. The van der Waals surface area contributed by atoms with Crippen molar-refractivity contribution in [3.8, 4) is 0 Å². The van der Waals surface area contributed by atoms with E-state index in [1.807, 2.05) is 13.0 Å². The number of carbonyl (C=O) groups is 1. The molecular weight excluding hydrogens is 206 g/mol. The molecule has 1 aliphatic rings. The van der Waals surface area contributed by atoms with Gasteiger partial charge in [-0.2, -0.15) is 5.06 Å². The minimum absolute atomic E-state index is 0.283. The largest absolute Gasteiger partial charge is 0.365 e. The van der Waals surface area contributed by atoms with Crippen molar-refractivity contribution in [2.24, 2.45) is 0 Å². The Morgan fingerprint density at radius 1 is 1.44 bits per heavy atom. The Kier molecular flexibility index (Phi) is 2.69. The highest BCUT2D eigenvalue weighted by atomic mass is 16.7. The van der Waals surface area contributed by atoms with Crippen molar-refractivity contribution in [2.75, 3.05) is 7.11 Å². The number of carbonyl (C=O) groups excluding carboxylic acids is 1. The van der Waals surface area contributed by atoms with Gasteiger partial charge in [0.1, 0.15) is 0 Å². The summed E-state index contributed by atoms with van der Waals surface area (Å²) >= 11 is 0. The van der Waals surface area contributed by atoms with E-state index < -0.39 is 5.72 Å². The Morgan fingerprint density at radius 3 is 2.75 bits per heavy atom. The molecule has 1 heterocycles. The summed E-state index contributed by atoms with van der Waals surface area (Å²) in [7, 11) is 1.39. The second-order valence-corrected chi connectivity index (χ2v) is 3.89. The van der Waals surface area contributed by atoms with Crippen LogP contribution in [0.15, 0.2) is 24.3 Å². The number of amides is 1. The van der Waals surface area contributed by atoms with Crippen molar-refractivity contribution in [2.45, 2.75) is 25.5 Å². The molecule has 4 heteroatoms. The minimum Gasteiger partial charge on any atom is -0.365 e. The Hall–Kier alpha value is -1.39. The molecule has 1 amide bonds. The fourth-order valence-corrected chi connectivity index (χ4v) is 2.22. The molecule has 0 saturated carbocycles. The SMILES string of the molecule is CCCC1(O)c2ccccc2C(=O)N1OC. The third-order valence-electron chi connectivity index (χ3n) is 2.89. The van der Waals surface area contributed by atoms with E-state index in [-0.39, 0.29) is 5.91 Å². The van der Waals surface area contributed by atoms with E-state index in [9.17, 15) is 9.90 Å². The van der Waals surface area contributed by atoms with Gasteiger partial charge in [-0.25, -0.2) is 0 Å².